The second-order valence-corrected chi connectivity index (χ2v) is 6.22. The number of carbonyl (C=O) groups excluding carboxylic acids is 1. The van der Waals surface area contributed by atoms with Gasteiger partial charge in [-0.15, -0.1) is 0 Å². The van der Waals surface area contributed by atoms with Gasteiger partial charge in [-0.3, -0.25) is 15.2 Å². The van der Waals surface area contributed by atoms with Crippen molar-refractivity contribution in [1.29, 1.82) is 0 Å². The normalized spacial score (nSPS) is 16.1. The van der Waals surface area contributed by atoms with Crippen molar-refractivity contribution in [2.75, 3.05) is 24.0 Å². The van der Waals surface area contributed by atoms with E-state index in [2.05, 4.69) is 10.7 Å². The predicted octanol–water partition coefficient (Wildman–Crippen LogP) is 3.12. The number of hydrogen-bond donors (Lipinski definition) is 2. The van der Waals surface area contributed by atoms with E-state index < -0.39 is 0 Å². The number of nitrogens with zero attached hydrogens (tertiary/aromatic N) is 1. The maximum absolute atomic E-state index is 12.5. The molecule has 2 aliphatic heterocycles. The van der Waals surface area contributed by atoms with Crippen molar-refractivity contribution in [3.05, 3.63) is 64.3 Å². The lowest BCUT2D eigenvalue weighted by molar-refractivity contribution is -0.118. The zero-order valence-corrected chi connectivity index (χ0v) is 13.9. The molecular weight excluding hydrogens is 326 g/mol. The Labute approximate surface area is 144 Å². The maximum atomic E-state index is 12.5. The van der Waals surface area contributed by atoms with Crippen LogP contribution >= 0.6 is 11.6 Å². The van der Waals surface area contributed by atoms with Crippen molar-refractivity contribution >= 4 is 28.9 Å². The number of fused-ring (bicyclic) bond motifs is 1. The van der Waals surface area contributed by atoms with Gasteiger partial charge < -0.3 is 10.1 Å². The summed E-state index contributed by atoms with van der Waals surface area (Å²) in [5.74, 6) is 0.696. The summed E-state index contributed by atoms with van der Waals surface area (Å²) in [5, 5.41) is 5.86. The number of benzene rings is 2. The van der Waals surface area contributed by atoms with Crippen molar-refractivity contribution in [3.63, 3.8) is 0 Å². The maximum Gasteiger partial charge on any atom is 0.267 e. The summed E-state index contributed by atoms with van der Waals surface area (Å²) in [6.45, 7) is 0.569. The molecule has 6 heteroatoms. The van der Waals surface area contributed by atoms with Gasteiger partial charge in [0.1, 0.15) is 5.75 Å². The molecule has 0 aromatic heterocycles. The average Bonchev–Trinajstić information content (AvgIpc) is 2.60. The quantitative estimate of drug-likeness (QED) is 0.881. The van der Waals surface area contributed by atoms with E-state index in [4.69, 9.17) is 16.3 Å². The monoisotopic (exact) mass is 341 g/mol. The molecule has 0 bridgehead atoms. The summed E-state index contributed by atoms with van der Waals surface area (Å²) in [6, 6.07) is 13.3. The molecule has 0 spiro atoms. The minimum Gasteiger partial charge on any atom is -0.497 e. The summed E-state index contributed by atoms with van der Waals surface area (Å²) in [4.78, 5) is 12.5. The highest BCUT2D eigenvalue weighted by atomic mass is 35.5. The smallest absolute Gasteiger partial charge is 0.267 e. The molecule has 0 radical (unpaired) electrons. The number of hydrogen-bond acceptors (Lipinski definition) is 4. The zero-order chi connectivity index (χ0) is 16.7. The molecule has 2 heterocycles. The molecule has 4 rings (SSSR count). The van der Waals surface area contributed by atoms with Gasteiger partial charge in [-0.1, -0.05) is 17.7 Å². The van der Waals surface area contributed by atoms with Crippen LogP contribution in [0.1, 0.15) is 5.56 Å². The first-order valence-electron chi connectivity index (χ1n) is 7.64. The van der Waals surface area contributed by atoms with E-state index in [-0.39, 0.29) is 5.91 Å². The first-order valence-corrected chi connectivity index (χ1v) is 8.02. The number of halogens is 1. The Hall–Kier alpha value is -2.66. The topological polar surface area (TPSA) is 53.6 Å². The molecule has 2 aromatic carbocycles. The number of nitrogens with one attached hydrogen (secondary N) is 2. The molecule has 0 fully saturated rings. The van der Waals surface area contributed by atoms with Gasteiger partial charge in [0.2, 0.25) is 0 Å². The van der Waals surface area contributed by atoms with Crippen LogP contribution in [0.3, 0.4) is 0 Å². The van der Waals surface area contributed by atoms with Gasteiger partial charge in [-0.2, -0.15) is 0 Å². The van der Waals surface area contributed by atoms with Crippen LogP contribution < -0.4 is 20.5 Å². The molecule has 24 heavy (non-hydrogen) atoms. The lowest BCUT2D eigenvalue weighted by Crippen LogP contribution is -2.50. The Balaban J connectivity index is 1.62. The van der Waals surface area contributed by atoms with Crippen molar-refractivity contribution < 1.29 is 9.53 Å². The van der Waals surface area contributed by atoms with Crippen LogP contribution in [0.5, 0.6) is 5.75 Å². The van der Waals surface area contributed by atoms with Crippen LogP contribution in [-0.4, -0.2) is 19.6 Å². The Morgan fingerprint density at radius 1 is 1.17 bits per heavy atom. The molecule has 0 saturated heterocycles. The minimum absolute atomic E-state index is 0.0832. The zero-order valence-electron chi connectivity index (χ0n) is 13.1. The van der Waals surface area contributed by atoms with E-state index in [1.165, 1.54) is 0 Å². The molecular formula is C18H16ClN3O2. The van der Waals surface area contributed by atoms with Crippen LogP contribution in [-0.2, 0) is 11.2 Å². The highest BCUT2D eigenvalue weighted by molar-refractivity contribution is 6.30. The van der Waals surface area contributed by atoms with E-state index in [0.717, 1.165) is 34.0 Å². The van der Waals surface area contributed by atoms with Crippen LogP contribution in [0.4, 0.5) is 11.4 Å². The van der Waals surface area contributed by atoms with Gasteiger partial charge in [0, 0.05) is 28.4 Å². The molecule has 2 N–H and O–H groups in total. The Kier molecular flexibility index (Phi) is 3.58. The number of hydrazine groups is 1. The number of amides is 1. The van der Waals surface area contributed by atoms with E-state index in [0.29, 0.717) is 18.0 Å². The number of methoxy groups -OCH3 is 1. The molecule has 2 aliphatic rings. The molecule has 0 atom stereocenters. The fraction of sp³-hybridized carbons (Fsp3) is 0.167. The van der Waals surface area contributed by atoms with Crippen LogP contribution in [0.15, 0.2) is 53.7 Å². The summed E-state index contributed by atoms with van der Waals surface area (Å²) < 4.78 is 5.17. The molecule has 0 unspecified atom stereocenters. The van der Waals surface area contributed by atoms with Crippen LogP contribution in [0, 0.1) is 0 Å². The fourth-order valence-corrected chi connectivity index (χ4v) is 3.18. The number of anilines is 2. The summed E-state index contributed by atoms with van der Waals surface area (Å²) in [5.41, 5.74) is 7.56. The lowest BCUT2D eigenvalue weighted by atomic mass is 9.95. The van der Waals surface area contributed by atoms with Crippen molar-refractivity contribution in [2.24, 2.45) is 0 Å². The first kappa shape index (κ1) is 14.9. The number of rotatable bonds is 2. The third-order valence-corrected chi connectivity index (χ3v) is 4.53. The second-order valence-electron chi connectivity index (χ2n) is 5.79. The second kappa shape index (κ2) is 5.76. The molecule has 122 valence electrons. The van der Waals surface area contributed by atoms with E-state index in [9.17, 15) is 4.79 Å². The van der Waals surface area contributed by atoms with E-state index in [1.54, 1.807) is 7.11 Å². The number of ether oxygens (including phenoxy) is 1. The summed E-state index contributed by atoms with van der Waals surface area (Å²) in [6.07, 6.45) is 0.608. The molecule has 0 aliphatic carbocycles. The lowest BCUT2D eigenvalue weighted by Gasteiger charge is -2.35. The number of carbonyl (C=O) groups is 1. The van der Waals surface area contributed by atoms with Crippen molar-refractivity contribution in [3.8, 4) is 5.75 Å². The third kappa shape index (κ3) is 2.57. The van der Waals surface area contributed by atoms with Crippen molar-refractivity contribution in [1.82, 2.24) is 5.43 Å². The van der Waals surface area contributed by atoms with Gasteiger partial charge in [-0.25, -0.2) is 0 Å². The van der Waals surface area contributed by atoms with Crippen LogP contribution in [0.25, 0.3) is 0 Å². The predicted molar refractivity (Wildman–Crippen MR) is 94.3 cm³/mol. The molecule has 2 aromatic rings. The van der Waals surface area contributed by atoms with Gasteiger partial charge >= 0.3 is 0 Å². The Morgan fingerprint density at radius 2 is 1.96 bits per heavy atom. The fourth-order valence-electron chi connectivity index (χ4n) is 3.01. The van der Waals surface area contributed by atoms with Crippen LogP contribution in [0.2, 0.25) is 5.02 Å². The SMILES string of the molecule is COc1ccc(N2CC3=C(Cc4ccc(Cl)cc4N3)C(=O)N2)cc1. The van der Waals surface area contributed by atoms with E-state index >= 15 is 0 Å². The summed E-state index contributed by atoms with van der Waals surface area (Å²) in [7, 11) is 1.63. The van der Waals surface area contributed by atoms with E-state index in [1.807, 2.05) is 47.5 Å². The Morgan fingerprint density at radius 3 is 2.71 bits per heavy atom. The standard InChI is InChI=1S/C18H16ClN3O2/c1-24-14-6-4-13(5-7-14)22-10-17-15(18(23)21-22)8-11-2-3-12(19)9-16(11)20-17/h2-7,9,20H,8,10H2,1H3,(H,21,23). The molecule has 5 nitrogen and oxygen atoms in total. The highest BCUT2D eigenvalue weighted by Crippen LogP contribution is 2.32. The third-order valence-electron chi connectivity index (χ3n) is 4.30. The van der Waals surface area contributed by atoms with Gasteiger partial charge in [0.05, 0.1) is 19.3 Å². The van der Waals surface area contributed by atoms with Gasteiger partial charge in [0.15, 0.2) is 0 Å². The molecule has 1 amide bonds. The highest BCUT2D eigenvalue weighted by Gasteiger charge is 2.29. The summed E-state index contributed by atoms with van der Waals surface area (Å²) >= 11 is 6.08. The molecule has 0 saturated carbocycles. The minimum atomic E-state index is -0.0832. The first-order chi connectivity index (χ1) is 11.6. The average molecular weight is 342 g/mol. The van der Waals surface area contributed by atoms with Gasteiger partial charge in [0.25, 0.3) is 5.91 Å². The van der Waals surface area contributed by atoms with Gasteiger partial charge in [-0.05, 0) is 42.0 Å². The largest absolute Gasteiger partial charge is 0.497 e. The Bertz CT molecular complexity index is 846. The van der Waals surface area contributed by atoms with Crippen molar-refractivity contribution in [2.45, 2.75) is 6.42 Å².